The second-order valence-corrected chi connectivity index (χ2v) is 2.79. The van der Waals surface area contributed by atoms with Gasteiger partial charge in [0.05, 0.1) is 7.11 Å². The number of nitro groups is 1. The highest BCUT2D eigenvalue weighted by atomic mass is 35.5. The van der Waals surface area contributed by atoms with Gasteiger partial charge >= 0.3 is 11.8 Å². The summed E-state index contributed by atoms with van der Waals surface area (Å²) in [5, 5.41) is 17.5. The number of nitrogens with two attached hydrogens (primary N) is 1. The van der Waals surface area contributed by atoms with E-state index in [4.69, 9.17) is 10.8 Å². The fourth-order valence-corrected chi connectivity index (χ4v) is 1.07. The Morgan fingerprint density at radius 1 is 1.72 bits per heavy atom. The standard InChI is InChI=1S/C7H10N4O4.CH4O.ClH/c1-15-7(12)4(8)2-5-6(11(13)14)10-3-9-5;1-2;/h3-4H,2,8H2,1H3,(H,9,10);2H,1H3;1H/t4-;;/m0../s1. The number of halogens is 1. The van der Waals surface area contributed by atoms with E-state index in [9.17, 15) is 14.9 Å². The molecule has 0 spiro atoms. The quantitative estimate of drug-likeness (QED) is 0.379. The van der Waals surface area contributed by atoms with E-state index >= 15 is 0 Å². The Balaban J connectivity index is 0. The number of ether oxygens (including phenoxy) is 1. The van der Waals surface area contributed by atoms with E-state index in [1.807, 2.05) is 0 Å². The molecule has 0 saturated carbocycles. The van der Waals surface area contributed by atoms with Crippen LogP contribution >= 0.6 is 12.4 Å². The second-order valence-electron chi connectivity index (χ2n) is 2.79. The zero-order valence-corrected chi connectivity index (χ0v) is 10.6. The predicted molar refractivity (Wildman–Crippen MR) is 64.3 cm³/mol. The van der Waals surface area contributed by atoms with E-state index in [0.29, 0.717) is 0 Å². The molecule has 104 valence electrons. The molecule has 0 aliphatic rings. The molecule has 1 aromatic rings. The first kappa shape index (κ1) is 18.6. The van der Waals surface area contributed by atoms with Crippen molar-refractivity contribution in [3.8, 4) is 0 Å². The number of hydrogen-bond donors (Lipinski definition) is 3. The van der Waals surface area contributed by atoms with Gasteiger partial charge in [-0.2, -0.15) is 0 Å². The molecule has 0 aliphatic carbocycles. The summed E-state index contributed by atoms with van der Waals surface area (Å²) in [5.41, 5.74) is 5.57. The summed E-state index contributed by atoms with van der Waals surface area (Å²) < 4.78 is 4.39. The number of carbonyl (C=O) groups excluding carboxylic acids is 1. The summed E-state index contributed by atoms with van der Waals surface area (Å²) in [5.74, 6) is -0.887. The zero-order valence-electron chi connectivity index (χ0n) is 9.82. The van der Waals surface area contributed by atoms with Crippen molar-refractivity contribution in [2.24, 2.45) is 5.73 Å². The molecule has 1 atom stereocenters. The van der Waals surface area contributed by atoms with Crippen LogP contribution in [0.15, 0.2) is 6.33 Å². The molecule has 9 nitrogen and oxygen atoms in total. The molecule has 1 heterocycles. The largest absolute Gasteiger partial charge is 0.468 e. The number of aliphatic hydroxyl groups is 1. The van der Waals surface area contributed by atoms with Crippen LogP contribution in [-0.4, -0.2) is 46.2 Å². The molecule has 10 heteroatoms. The van der Waals surface area contributed by atoms with Crippen molar-refractivity contribution in [3.05, 3.63) is 22.1 Å². The average molecular weight is 283 g/mol. The number of hydrogen-bond acceptors (Lipinski definition) is 7. The van der Waals surface area contributed by atoms with Gasteiger partial charge in [-0.3, -0.25) is 4.79 Å². The van der Waals surface area contributed by atoms with E-state index in [-0.39, 0.29) is 30.3 Å². The lowest BCUT2D eigenvalue weighted by molar-refractivity contribution is -0.390. The minimum Gasteiger partial charge on any atom is -0.468 e. The number of nitrogens with zero attached hydrogens (tertiary/aromatic N) is 2. The molecular formula is C8H15ClN4O5. The number of aliphatic hydroxyl groups excluding tert-OH is 1. The third-order valence-corrected chi connectivity index (χ3v) is 1.79. The van der Waals surface area contributed by atoms with E-state index in [1.165, 1.54) is 13.4 Å². The van der Waals surface area contributed by atoms with Crippen molar-refractivity contribution in [1.29, 1.82) is 0 Å². The van der Waals surface area contributed by atoms with Crippen LogP contribution in [0.25, 0.3) is 0 Å². The topological polar surface area (TPSA) is 144 Å². The van der Waals surface area contributed by atoms with Crippen LogP contribution in [0.1, 0.15) is 5.69 Å². The molecule has 0 radical (unpaired) electrons. The number of H-pyrrole nitrogens is 1. The first-order valence-electron chi connectivity index (χ1n) is 4.51. The minimum atomic E-state index is -0.947. The van der Waals surface area contributed by atoms with Crippen molar-refractivity contribution in [3.63, 3.8) is 0 Å². The Bertz CT molecular complexity index is 383. The van der Waals surface area contributed by atoms with Crippen molar-refractivity contribution in [2.45, 2.75) is 12.5 Å². The molecule has 0 bridgehead atoms. The van der Waals surface area contributed by atoms with Crippen molar-refractivity contribution < 1.29 is 19.6 Å². The Kier molecular flexibility index (Phi) is 9.67. The lowest BCUT2D eigenvalue weighted by atomic mass is 10.2. The van der Waals surface area contributed by atoms with E-state index in [2.05, 4.69) is 14.7 Å². The third-order valence-electron chi connectivity index (χ3n) is 1.79. The Labute approximate surface area is 109 Å². The average Bonchev–Trinajstić information content (AvgIpc) is 2.78. The highest BCUT2D eigenvalue weighted by Crippen LogP contribution is 2.13. The molecular weight excluding hydrogens is 268 g/mol. The number of aromatic nitrogens is 2. The molecule has 0 amide bonds. The Hall–Kier alpha value is -1.71. The fraction of sp³-hybridized carbons (Fsp3) is 0.500. The maximum absolute atomic E-state index is 11.0. The van der Waals surface area contributed by atoms with E-state index < -0.39 is 16.9 Å². The second kappa shape index (κ2) is 9.33. The summed E-state index contributed by atoms with van der Waals surface area (Å²) in [6.45, 7) is 0. The Morgan fingerprint density at radius 3 is 2.72 bits per heavy atom. The van der Waals surface area contributed by atoms with Crippen LogP contribution in [0.3, 0.4) is 0 Å². The first-order valence-corrected chi connectivity index (χ1v) is 4.51. The molecule has 4 N–H and O–H groups in total. The molecule has 0 aliphatic heterocycles. The van der Waals surface area contributed by atoms with E-state index in [0.717, 1.165) is 7.11 Å². The van der Waals surface area contributed by atoms with Crippen molar-refractivity contribution in [1.82, 2.24) is 9.97 Å². The number of nitrogens with one attached hydrogen (secondary N) is 1. The molecule has 0 saturated heterocycles. The summed E-state index contributed by atoms with van der Waals surface area (Å²) in [7, 11) is 2.20. The maximum Gasteiger partial charge on any atom is 0.343 e. The van der Waals surface area contributed by atoms with Gasteiger partial charge in [-0.1, -0.05) is 0 Å². The zero-order chi connectivity index (χ0) is 13.4. The van der Waals surface area contributed by atoms with Gasteiger partial charge in [-0.05, 0) is 4.92 Å². The lowest BCUT2D eigenvalue weighted by Crippen LogP contribution is -2.33. The molecule has 0 unspecified atom stereocenters. The van der Waals surface area contributed by atoms with Crippen LogP contribution in [0.2, 0.25) is 0 Å². The van der Waals surface area contributed by atoms with Gasteiger partial charge in [0, 0.05) is 13.5 Å². The molecule has 1 aromatic heterocycles. The number of esters is 1. The van der Waals surface area contributed by atoms with Crippen molar-refractivity contribution in [2.75, 3.05) is 14.2 Å². The minimum absolute atomic E-state index is 0. The van der Waals surface area contributed by atoms with Gasteiger partial charge in [0.2, 0.25) is 0 Å². The normalized spacial score (nSPS) is 10.4. The third kappa shape index (κ3) is 5.08. The lowest BCUT2D eigenvalue weighted by Gasteiger charge is -2.06. The number of methoxy groups -OCH3 is 1. The summed E-state index contributed by atoms with van der Waals surface area (Å²) in [6.07, 6.45) is 1.14. The van der Waals surface area contributed by atoms with Crippen LogP contribution in [0, 0.1) is 10.1 Å². The van der Waals surface area contributed by atoms with Gasteiger partial charge in [0.15, 0.2) is 6.33 Å². The molecule has 1 rings (SSSR count). The Morgan fingerprint density at radius 2 is 2.28 bits per heavy atom. The number of carbonyl (C=O) groups is 1. The molecule has 0 fully saturated rings. The van der Waals surface area contributed by atoms with Crippen molar-refractivity contribution >= 4 is 24.2 Å². The number of aromatic amines is 1. The monoisotopic (exact) mass is 282 g/mol. The predicted octanol–water partition coefficient (Wildman–Crippen LogP) is -0.609. The van der Waals surface area contributed by atoms with Gasteiger partial charge < -0.3 is 25.7 Å². The van der Waals surface area contributed by atoms with Crippen LogP contribution in [-0.2, 0) is 16.0 Å². The molecule has 0 aromatic carbocycles. The molecule has 18 heavy (non-hydrogen) atoms. The van der Waals surface area contributed by atoms with Gasteiger partial charge in [-0.25, -0.2) is 9.97 Å². The highest BCUT2D eigenvalue weighted by molar-refractivity contribution is 5.85. The fourth-order valence-electron chi connectivity index (χ4n) is 1.07. The maximum atomic E-state index is 11.0. The van der Waals surface area contributed by atoms with Crippen LogP contribution < -0.4 is 5.73 Å². The summed E-state index contributed by atoms with van der Waals surface area (Å²) >= 11 is 0. The van der Waals surface area contributed by atoms with E-state index in [1.54, 1.807) is 0 Å². The van der Waals surface area contributed by atoms with Crippen LogP contribution in [0.5, 0.6) is 0 Å². The SMILES string of the molecule is CO.COC(=O)[C@@H](N)Cc1nc[nH]c1[N+](=O)[O-].Cl. The summed E-state index contributed by atoms with van der Waals surface area (Å²) in [4.78, 5) is 26.9. The summed E-state index contributed by atoms with van der Waals surface area (Å²) in [6, 6.07) is -0.947. The van der Waals surface area contributed by atoms with Crippen LogP contribution in [0.4, 0.5) is 5.82 Å². The van der Waals surface area contributed by atoms with Gasteiger partial charge in [-0.15, -0.1) is 12.4 Å². The van der Waals surface area contributed by atoms with Gasteiger partial charge in [0.25, 0.3) is 0 Å². The van der Waals surface area contributed by atoms with Gasteiger partial charge in [0.1, 0.15) is 11.7 Å². The smallest absolute Gasteiger partial charge is 0.343 e. The highest BCUT2D eigenvalue weighted by Gasteiger charge is 2.22. The number of imidazole rings is 1. The number of rotatable bonds is 4. The first-order chi connectivity index (χ1) is 8.06.